The van der Waals surface area contributed by atoms with Gasteiger partial charge in [0.15, 0.2) is 5.69 Å². The Morgan fingerprint density at radius 3 is 2.37 bits per heavy atom. The molecular weight excluding hydrogens is 428 g/mol. The van der Waals surface area contributed by atoms with Crippen molar-refractivity contribution in [2.75, 3.05) is 20.2 Å². The van der Waals surface area contributed by atoms with Gasteiger partial charge in [-0.3, -0.25) is 4.98 Å². The Morgan fingerprint density at radius 1 is 1.20 bits per heavy atom. The molecule has 0 radical (unpaired) electrons. The summed E-state index contributed by atoms with van der Waals surface area (Å²) in [5.41, 5.74) is 1.81. The number of hydrogen-bond acceptors (Lipinski definition) is 6. The van der Waals surface area contributed by atoms with Crippen molar-refractivity contribution in [3.8, 4) is 0 Å². The number of carbonyl (C=O) groups is 1. The van der Waals surface area contributed by atoms with Crippen LogP contribution in [0.3, 0.4) is 0 Å². The van der Waals surface area contributed by atoms with Gasteiger partial charge in [0.1, 0.15) is 13.1 Å². The first-order valence-electron chi connectivity index (χ1n) is 9.48. The van der Waals surface area contributed by atoms with Crippen LogP contribution < -0.4 is 13.9 Å². The zero-order valence-electron chi connectivity index (χ0n) is 17.2. The summed E-state index contributed by atoms with van der Waals surface area (Å²) in [4.78, 5) is 15.7. The Bertz CT molecular complexity index is 945. The van der Waals surface area contributed by atoms with Gasteiger partial charge in [0, 0.05) is 18.8 Å². The van der Waals surface area contributed by atoms with E-state index in [4.69, 9.17) is 0 Å². The topological polar surface area (TPSA) is 97.4 Å². The Balaban J connectivity index is 0.00000320. The molecule has 2 aromatic rings. The van der Waals surface area contributed by atoms with Gasteiger partial charge >= 0.3 is 16.2 Å². The smallest absolute Gasteiger partial charge is 0.375 e. The lowest BCUT2D eigenvalue weighted by Crippen LogP contribution is -2.70. The Hall–Kier alpha value is -2.04. The summed E-state index contributed by atoms with van der Waals surface area (Å²) >= 11 is 0. The van der Waals surface area contributed by atoms with Crippen molar-refractivity contribution in [2.24, 2.45) is 0 Å². The standard InChI is InChI=1S/C20H27N4O4S.ClH/c1-15-13-24(14-16(2)23-15,19-5-4-10-21-12-19)29(26,27)22-11-17-6-8-18(9-7-17)20(25)28-3;/h4-10,12,15-16,22-23H,11,13-14H2,1-3H3;1H/q+1;/t15-,16+,24?;. The van der Waals surface area contributed by atoms with Gasteiger partial charge in [-0.05, 0) is 37.6 Å². The van der Waals surface area contributed by atoms with E-state index in [0.717, 1.165) is 5.56 Å². The van der Waals surface area contributed by atoms with Crippen LogP contribution in [0.4, 0.5) is 5.69 Å². The van der Waals surface area contributed by atoms with E-state index in [-0.39, 0.29) is 34.9 Å². The lowest BCUT2D eigenvalue weighted by molar-refractivity contribution is 0.0600. The highest BCUT2D eigenvalue weighted by atomic mass is 35.5. The van der Waals surface area contributed by atoms with Gasteiger partial charge < -0.3 is 10.1 Å². The van der Waals surface area contributed by atoms with Crippen LogP contribution in [0.2, 0.25) is 0 Å². The lowest BCUT2D eigenvalue weighted by Gasteiger charge is -2.43. The molecule has 1 aliphatic heterocycles. The maximum absolute atomic E-state index is 13.5. The Kier molecular flexibility index (Phi) is 7.95. The third kappa shape index (κ3) is 4.98. The summed E-state index contributed by atoms with van der Waals surface area (Å²) < 4.78 is 34.3. The molecule has 3 rings (SSSR count). The number of carbonyl (C=O) groups excluding carboxylic acids is 1. The van der Waals surface area contributed by atoms with Gasteiger partial charge in [0.05, 0.1) is 31.0 Å². The monoisotopic (exact) mass is 455 g/mol. The van der Waals surface area contributed by atoms with E-state index >= 15 is 0 Å². The fraction of sp³-hybridized carbons (Fsp3) is 0.400. The number of hydrogen-bond donors (Lipinski definition) is 2. The Labute approximate surface area is 183 Å². The Morgan fingerprint density at radius 2 is 1.83 bits per heavy atom. The predicted molar refractivity (Wildman–Crippen MR) is 119 cm³/mol. The number of nitrogens with one attached hydrogen (secondary N) is 2. The number of aromatic nitrogens is 1. The first kappa shape index (κ1) is 24.2. The quantitative estimate of drug-likeness (QED) is 0.511. The van der Waals surface area contributed by atoms with Crippen molar-refractivity contribution in [3.63, 3.8) is 0 Å². The summed E-state index contributed by atoms with van der Waals surface area (Å²) in [5, 5.41) is 3.40. The number of rotatable bonds is 6. The van der Waals surface area contributed by atoms with E-state index in [9.17, 15) is 13.2 Å². The predicted octanol–water partition coefficient (Wildman–Crippen LogP) is 2.01. The van der Waals surface area contributed by atoms with Crippen LogP contribution in [-0.2, 0) is 21.5 Å². The molecule has 10 heteroatoms. The molecule has 2 N–H and O–H groups in total. The minimum absolute atomic E-state index is 0. The average molecular weight is 456 g/mol. The number of piperazine rings is 1. The fourth-order valence-electron chi connectivity index (χ4n) is 3.87. The molecule has 8 nitrogen and oxygen atoms in total. The van der Waals surface area contributed by atoms with Crippen molar-refractivity contribution in [1.29, 1.82) is 0 Å². The van der Waals surface area contributed by atoms with Crippen molar-refractivity contribution in [2.45, 2.75) is 32.5 Å². The van der Waals surface area contributed by atoms with E-state index in [0.29, 0.717) is 24.3 Å². The van der Waals surface area contributed by atoms with Crippen LogP contribution in [0.1, 0.15) is 29.8 Å². The molecule has 2 heterocycles. The molecule has 0 aliphatic carbocycles. The molecule has 30 heavy (non-hydrogen) atoms. The maximum atomic E-state index is 13.5. The normalized spacial score (nSPS) is 24.0. The molecule has 1 unspecified atom stereocenters. The third-order valence-electron chi connectivity index (χ3n) is 5.12. The molecule has 1 aromatic heterocycles. The van der Waals surface area contributed by atoms with Crippen LogP contribution in [0.15, 0.2) is 48.8 Å². The molecule has 0 bridgehead atoms. The molecule has 1 saturated heterocycles. The van der Waals surface area contributed by atoms with E-state index in [1.807, 2.05) is 19.9 Å². The number of pyridine rings is 1. The number of methoxy groups -OCH3 is 1. The van der Waals surface area contributed by atoms with Crippen molar-refractivity contribution in [3.05, 3.63) is 59.9 Å². The van der Waals surface area contributed by atoms with Gasteiger partial charge in [-0.25, -0.2) is 4.79 Å². The zero-order chi connectivity index (χ0) is 21.1. The van der Waals surface area contributed by atoms with E-state index in [1.54, 1.807) is 42.7 Å². The van der Waals surface area contributed by atoms with Crippen molar-refractivity contribution >= 4 is 34.3 Å². The minimum Gasteiger partial charge on any atom is -0.465 e. The molecule has 164 valence electrons. The number of quaternary nitrogens is 1. The van der Waals surface area contributed by atoms with Crippen molar-refractivity contribution in [1.82, 2.24) is 18.9 Å². The molecule has 1 aromatic carbocycles. The average Bonchev–Trinajstić information content (AvgIpc) is 2.72. The summed E-state index contributed by atoms with van der Waals surface area (Å²) in [6.07, 6.45) is 3.26. The SMILES string of the molecule is COC(=O)c1ccc(CNS(=O)(=O)[N+]2(c3cccnc3)C[C@@H](C)N[C@@H](C)C2)cc1.Cl. The highest BCUT2D eigenvalue weighted by Gasteiger charge is 2.49. The van der Waals surface area contributed by atoms with Gasteiger partial charge in [0.2, 0.25) is 0 Å². The van der Waals surface area contributed by atoms with Gasteiger partial charge in [-0.2, -0.15) is 17.0 Å². The first-order chi connectivity index (χ1) is 13.8. The zero-order valence-corrected chi connectivity index (χ0v) is 18.9. The third-order valence-corrected chi connectivity index (χ3v) is 7.06. The number of esters is 1. The second-order valence-corrected chi connectivity index (χ2v) is 9.36. The molecule has 1 aliphatic rings. The summed E-state index contributed by atoms with van der Waals surface area (Å²) in [6.45, 7) is 4.89. The van der Waals surface area contributed by atoms with Crippen LogP contribution >= 0.6 is 12.4 Å². The number of nitrogens with zero attached hydrogens (tertiary/aromatic N) is 2. The van der Waals surface area contributed by atoms with Gasteiger partial charge in [-0.1, -0.05) is 12.1 Å². The second kappa shape index (κ2) is 9.84. The highest BCUT2D eigenvalue weighted by Crippen LogP contribution is 2.30. The number of ether oxygens (including phenoxy) is 1. The number of benzene rings is 1. The lowest BCUT2D eigenvalue weighted by atomic mass is 10.1. The van der Waals surface area contributed by atoms with Gasteiger partial charge in [-0.15, -0.1) is 12.4 Å². The highest BCUT2D eigenvalue weighted by molar-refractivity contribution is 7.89. The summed E-state index contributed by atoms with van der Waals surface area (Å²) in [7, 11) is -2.46. The molecule has 0 amide bonds. The molecule has 1 fully saturated rings. The summed E-state index contributed by atoms with van der Waals surface area (Å²) in [5.74, 6) is -0.429. The van der Waals surface area contributed by atoms with E-state index in [2.05, 4.69) is 19.8 Å². The summed E-state index contributed by atoms with van der Waals surface area (Å²) in [6, 6.07) is 10.3. The number of halogens is 1. The maximum Gasteiger partial charge on any atom is 0.375 e. The van der Waals surface area contributed by atoms with Crippen molar-refractivity contribution < 1.29 is 17.9 Å². The molecule has 0 saturated carbocycles. The van der Waals surface area contributed by atoms with E-state index < -0.39 is 16.2 Å². The fourth-order valence-corrected chi connectivity index (χ4v) is 5.69. The molecular formula is C20H28ClN4O4S+. The van der Waals surface area contributed by atoms with Gasteiger partial charge in [0.25, 0.3) is 0 Å². The minimum atomic E-state index is -3.78. The largest absolute Gasteiger partial charge is 0.465 e. The second-order valence-electron chi connectivity index (χ2n) is 7.42. The van der Waals surface area contributed by atoms with Crippen LogP contribution in [0.5, 0.6) is 0 Å². The molecule has 0 spiro atoms. The first-order valence-corrected chi connectivity index (χ1v) is 10.9. The molecule has 3 atom stereocenters. The van der Waals surface area contributed by atoms with Crippen LogP contribution in [0, 0.1) is 0 Å². The van der Waals surface area contributed by atoms with Crippen LogP contribution in [0.25, 0.3) is 0 Å². The van der Waals surface area contributed by atoms with E-state index in [1.165, 1.54) is 7.11 Å². The van der Waals surface area contributed by atoms with Crippen LogP contribution in [-0.4, -0.2) is 51.7 Å².